The van der Waals surface area contributed by atoms with Crippen molar-refractivity contribution in [2.24, 2.45) is 0 Å². The van der Waals surface area contributed by atoms with Crippen LogP contribution in [-0.4, -0.2) is 30.6 Å². The molecule has 1 amide bonds. The van der Waals surface area contributed by atoms with E-state index in [4.69, 9.17) is 32.7 Å². The van der Waals surface area contributed by atoms with Gasteiger partial charge in [0.05, 0.1) is 17.8 Å². The van der Waals surface area contributed by atoms with Gasteiger partial charge in [-0.15, -0.1) is 11.3 Å². The number of carbonyl (C=O) groups excluding carboxylic acids is 2. The van der Waals surface area contributed by atoms with Crippen LogP contribution in [0.3, 0.4) is 0 Å². The second kappa shape index (κ2) is 9.05. The average molecular weight is 437 g/mol. The summed E-state index contributed by atoms with van der Waals surface area (Å²) in [7, 11) is 1.59. The van der Waals surface area contributed by atoms with Crippen LogP contribution >= 0.6 is 34.5 Å². The molecule has 0 aliphatic carbocycles. The standard InChI is InChI=1S/C19H14Cl2N2O4S/c1-26-13-5-2-11(3-6-13)18-23-16(10-28-18)19(25)27-9-17(24)22-15-8-12(20)4-7-14(15)21/h2-8,10H,9H2,1H3,(H,22,24). The van der Waals surface area contributed by atoms with Gasteiger partial charge in [0.15, 0.2) is 12.3 Å². The van der Waals surface area contributed by atoms with Gasteiger partial charge in [0.1, 0.15) is 10.8 Å². The highest BCUT2D eigenvalue weighted by atomic mass is 35.5. The van der Waals surface area contributed by atoms with Gasteiger partial charge >= 0.3 is 5.97 Å². The Balaban J connectivity index is 1.58. The van der Waals surface area contributed by atoms with Crippen molar-refractivity contribution in [3.05, 3.63) is 63.6 Å². The molecule has 0 atom stereocenters. The summed E-state index contributed by atoms with van der Waals surface area (Å²) in [6.45, 7) is -0.475. The number of carbonyl (C=O) groups is 2. The normalized spacial score (nSPS) is 10.4. The molecule has 0 spiro atoms. The van der Waals surface area contributed by atoms with Gasteiger partial charge in [-0.1, -0.05) is 23.2 Å². The molecule has 3 rings (SSSR count). The van der Waals surface area contributed by atoms with Gasteiger partial charge < -0.3 is 14.8 Å². The molecule has 0 unspecified atom stereocenters. The van der Waals surface area contributed by atoms with E-state index in [1.54, 1.807) is 36.8 Å². The van der Waals surface area contributed by atoms with Crippen molar-refractivity contribution >= 4 is 52.1 Å². The minimum absolute atomic E-state index is 0.129. The number of esters is 1. The average Bonchev–Trinajstić information content (AvgIpc) is 3.19. The predicted octanol–water partition coefficient (Wildman–Crippen LogP) is 4.92. The number of hydrogen-bond donors (Lipinski definition) is 1. The van der Waals surface area contributed by atoms with Crippen molar-refractivity contribution in [1.82, 2.24) is 4.98 Å². The second-order valence-corrected chi connectivity index (χ2v) is 7.22. The molecule has 28 heavy (non-hydrogen) atoms. The van der Waals surface area contributed by atoms with Crippen molar-refractivity contribution in [2.45, 2.75) is 0 Å². The van der Waals surface area contributed by atoms with Crippen molar-refractivity contribution < 1.29 is 19.1 Å². The zero-order valence-electron chi connectivity index (χ0n) is 14.6. The summed E-state index contributed by atoms with van der Waals surface area (Å²) in [5, 5.41) is 5.52. The van der Waals surface area contributed by atoms with Crippen molar-refractivity contribution in [1.29, 1.82) is 0 Å². The molecule has 0 saturated carbocycles. The second-order valence-electron chi connectivity index (χ2n) is 5.51. The number of rotatable bonds is 6. The van der Waals surface area contributed by atoms with Gasteiger partial charge in [-0.2, -0.15) is 0 Å². The first-order valence-electron chi connectivity index (χ1n) is 7.98. The van der Waals surface area contributed by atoms with E-state index in [1.807, 2.05) is 12.1 Å². The minimum atomic E-state index is -0.691. The largest absolute Gasteiger partial charge is 0.497 e. The molecule has 6 nitrogen and oxygen atoms in total. The summed E-state index contributed by atoms with van der Waals surface area (Å²) in [5.74, 6) is -0.503. The molecule has 9 heteroatoms. The van der Waals surface area contributed by atoms with E-state index in [0.717, 1.165) is 11.3 Å². The maximum Gasteiger partial charge on any atom is 0.358 e. The molecule has 0 radical (unpaired) electrons. The Bertz CT molecular complexity index is 1010. The predicted molar refractivity (Wildman–Crippen MR) is 109 cm³/mol. The molecule has 1 heterocycles. The lowest BCUT2D eigenvalue weighted by atomic mass is 10.2. The molecule has 0 aliphatic rings. The Morgan fingerprint density at radius 1 is 1.14 bits per heavy atom. The maximum absolute atomic E-state index is 12.1. The first-order chi connectivity index (χ1) is 13.5. The Morgan fingerprint density at radius 3 is 2.61 bits per heavy atom. The fraction of sp³-hybridized carbons (Fsp3) is 0.105. The fourth-order valence-electron chi connectivity index (χ4n) is 2.22. The molecule has 0 saturated heterocycles. The molecule has 2 aromatic carbocycles. The lowest BCUT2D eigenvalue weighted by molar-refractivity contribution is -0.119. The number of nitrogens with zero attached hydrogens (tertiary/aromatic N) is 1. The number of anilines is 1. The highest BCUT2D eigenvalue weighted by Gasteiger charge is 2.15. The Kier molecular flexibility index (Phi) is 6.51. The number of hydrogen-bond acceptors (Lipinski definition) is 6. The van der Waals surface area contributed by atoms with Crippen LogP contribution in [0.1, 0.15) is 10.5 Å². The third-order valence-corrected chi connectivity index (χ3v) is 5.04. The summed E-state index contributed by atoms with van der Waals surface area (Å²) in [6.07, 6.45) is 0. The SMILES string of the molecule is COc1ccc(-c2nc(C(=O)OCC(=O)Nc3cc(Cl)ccc3Cl)cs2)cc1. The molecule has 144 valence electrons. The van der Waals surface area contributed by atoms with Crippen molar-refractivity contribution in [2.75, 3.05) is 19.0 Å². The van der Waals surface area contributed by atoms with Crippen LogP contribution in [0.5, 0.6) is 5.75 Å². The van der Waals surface area contributed by atoms with Gasteiger partial charge in [0.25, 0.3) is 5.91 Å². The first kappa shape index (κ1) is 20.1. The molecule has 0 fully saturated rings. The molecule has 0 bridgehead atoms. The lowest BCUT2D eigenvalue weighted by Gasteiger charge is -2.07. The van der Waals surface area contributed by atoms with Gasteiger partial charge in [0, 0.05) is 16.0 Å². The first-order valence-corrected chi connectivity index (χ1v) is 9.62. The number of halogens is 2. The monoisotopic (exact) mass is 436 g/mol. The third kappa shape index (κ3) is 5.01. The highest BCUT2D eigenvalue weighted by molar-refractivity contribution is 7.13. The molecule has 1 N–H and O–H groups in total. The molecular weight excluding hydrogens is 423 g/mol. The lowest BCUT2D eigenvalue weighted by Crippen LogP contribution is -2.21. The summed E-state index contributed by atoms with van der Waals surface area (Å²) in [5.41, 5.74) is 1.31. The summed E-state index contributed by atoms with van der Waals surface area (Å²) in [6, 6.07) is 12.0. The van der Waals surface area contributed by atoms with Crippen LogP contribution in [0.25, 0.3) is 10.6 Å². The molecular formula is C19H14Cl2N2O4S. The Hall–Kier alpha value is -2.61. The van der Waals surface area contributed by atoms with E-state index >= 15 is 0 Å². The number of benzene rings is 2. The van der Waals surface area contributed by atoms with Gasteiger partial charge in [-0.25, -0.2) is 9.78 Å². The smallest absolute Gasteiger partial charge is 0.358 e. The van der Waals surface area contributed by atoms with Crippen LogP contribution in [0.2, 0.25) is 10.0 Å². The zero-order valence-corrected chi connectivity index (χ0v) is 16.9. The van der Waals surface area contributed by atoms with Gasteiger partial charge in [-0.3, -0.25) is 4.79 Å². The van der Waals surface area contributed by atoms with E-state index in [9.17, 15) is 9.59 Å². The quantitative estimate of drug-likeness (QED) is 0.554. The number of methoxy groups -OCH3 is 1. The Morgan fingerprint density at radius 2 is 1.89 bits per heavy atom. The summed E-state index contributed by atoms with van der Waals surface area (Å²) in [4.78, 5) is 28.4. The van der Waals surface area contributed by atoms with Crippen LogP contribution < -0.4 is 10.1 Å². The van der Waals surface area contributed by atoms with E-state index in [1.165, 1.54) is 17.4 Å². The Labute approximate surface area is 175 Å². The van der Waals surface area contributed by atoms with E-state index in [0.29, 0.717) is 20.7 Å². The van der Waals surface area contributed by atoms with Crippen LogP contribution in [-0.2, 0) is 9.53 Å². The van der Waals surface area contributed by atoms with Crippen molar-refractivity contribution in [3.8, 4) is 16.3 Å². The number of thiazole rings is 1. The van der Waals surface area contributed by atoms with Crippen LogP contribution in [0, 0.1) is 0 Å². The molecule has 1 aromatic heterocycles. The van der Waals surface area contributed by atoms with E-state index < -0.39 is 18.5 Å². The van der Waals surface area contributed by atoms with Gasteiger partial charge in [-0.05, 0) is 42.5 Å². The molecule has 3 aromatic rings. The minimum Gasteiger partial charge on any atom is -0.497 e. The van der Waals surface area contributed by atoms with Gasteiger partial charge in [0.2, 0.25) is 0 Å². The number of ether oxygens (including phenoxy) is 2. The number of nitrogens with one attached hydrogen (secondary N) is 1. The fourth-order valence-corrected chi connectivity index (χ4v) is 3.35. The summed E-state index contributed by atoms with van der Waals surface area (Å²) >= 11 is 13.1. The maximum atomic E-state index is 12.1. The topological polar surface area (TPSA) is 77.5 Å². The number of aromatic nitrogens is 1. The zero-order chi connectivity index (χ0) is 20.1. The number of amides is 1. The van der Waals surface area contributed by atoms with Crippen LogP contribution in [0.15, 0.2) is 47.8 Å². The third-order valence-electron chi connectivity index (χ3n) is 3.59. The van der Waals surface area contributed by atoms with Crippen molar-refractivity contribution in [3.63, 3.8) is 0 Å². The van der Waals surface area contributed by atoms with E-state index in [-0.39, 0.29) is 5.69 Å². The highest BCUT2D eigenvalue weighted by Crippen LogP contribution is 2.27. The van der Waals surface area contributed by atoms with E-state index in [2.05, 4.69) is 10.3 Å². The molecule has 0 aliphatic heterocycles. The summed E-state index contributed by atoms with van der Waals surface area (Å²) < 4.78 is 10.1. The van der Waals surface area contributed by atoms with Crippen LogP contribution in [0.4, 0.5) is 5.69 Å².